The van der Waals surface area contributed by atoms with Crippen molar-refractivity contribution in [1.82, 2.24) is 0 Å². The molecule has 0 saturated carbocycles. The van der Waals surface area contributed by atoms with Crippen LogP contribution in [-0.2, 0) is 21.2 Å². The predicted molar refractivity (Wildman–Crippen MR) is 85.7 cm³/mol. The summed E-state index contributed by atoms with van der Waals surface area (Å²) < 4.78 is 27.3. The first-order valence-electron chi connectivity index (χ1n) is 6.65. The van der Waals surface area contributed by atoms with Crippen molar-refractivity contribution in [2.75, 3.05) is 10.0 Å². The average molecular weight is 337 g/mol. The Morgan fingerprint density at radius 2 is 1.77 bits per heavy atom. The Morgan fingerprint density at radius 1 is 1.05 bits per heavy atom. The maximum absolute atomic E-state index is 12.4. The fourth-order valence-corrected chi connectivity index (χ4v) is 3.49. The predicted octanol–water partition coefficient (Wildman–Crippen LogP) is 3.03. The SMILES string of the molecule is O=C1CCc2cc(S(=O)(=O)Nc3ccc(Cl)cc3)ccc2N1. The van der Waals surface area contributed by atoms with Gasteiger partial charge in [-0.05, 0) is 54.4 Å². The topological polar surface area (TPSA) is 75.3 Å². The number of halogens is 1. The molecule has 2 aromatic carbocycles. The van der Waals surface area contributed by atoms with Crippen LogP contribution in [-0.4, -0.2) is 14.3 Å². The number of rotatable bonds is 3. The van der Waals surface area contributed by atoms with Gasteiger partial charge in [-0.2, -0.15) is 0 Å². The fraction of sp³-hybridized carbons (Fsp3) is 0.133. The van der Waals surface area contributed by atoms with Gasteiger partial charge in [0.15, 0.2) is 0 Å². The Bertz CT molecular complexity index is 832. The van der Waals surface area contributed by atoms with E-state index in [1.807, 2.05) is 0 Å². The van der Waals surface area contributed by atoms with Gasteiger partial charge in [0.05, 0.1) is 4.90 Å². The number of nitrogens with one attached hydrogen (secondary N) is 2. The van der Waals surface area contributed by atoms with Crippen molar-refractivity contribution in [3.05, 3.63) is 53.1 Å². The van der Waals surface area contributed by atoms with Crippen LogP contribution in [0.2, 0.25) is 5.02 Å². The monoisotopic (exact) mass is 336 g/mol. The van der Waals surface area contributed by atoms with E-state index in [0.29, 0.717) is 29.2 Å². The zero-order chi connectivity index (χ0) is 15.7. The molecule has 1 aliphatic rings. The molecule has 1 aliphatic heterocycles. The molecule has 5 nitrogen and oxygen atoms in total. The minimum absolute atomic E-state index is 0.0533. The lowest BCUT2D eigenvalue weighted by Gasteiger charge is -2.17. The number of fused-ring (bicyclic) bond motifs is 1. The first-order chi connectivity index (χ1) is 10.4. The third-order valence-corrected chi connectivity index (χ3v) is 5.01. The smallest absolute Gasteiger partial charge is 0.261 e. The van der Waals surface area contributed by atoms with Crippen LogP contribution in [0.15, 0.2) is 47.4 Å². The van der Waals surface area contributed by atoms with Gasteiger partial charge in [0.25, 0.3) is 10.0 Å². The third-order valence-electron chi connectivity index (χ3n) is 3.38. The van der Waals surface area contributed by atoms with Crippen LogP contribution in [0.5, 0.6) is 0 Å². The number of amides is 1. The van der Waals surface area contributed by atoms with Crippen LogP contribution < -0.4 is 10.0 Å². The molecule has 0 saturated heterocycles. The van der Waals surface area contributed by atoms with Gasteiger partial charge in [-0.1, -0.05) is 11.6 Å². The minimum atomic E-state index is -3.68. The number of carbonyl (C=O) groups excluding carboxylic acids is 1. The molecule has 3 rings (SSSR count). The molecule has 0 aliphatic carbocycles. The quantitative estimate of drug-likeness (QED) is 0.904. The van der Waals surface area contributed by atoms with Gasteiger partial charge in [0.1, 0.15) is 0 Å². The van der Waals surface area contributed by atoms with Crippen LogP contribution in [0.1, 0.15) is 12.0 Å². The van der Waals surface area contributed by atoms with Crippen molar-refractivity contribution >= 4 is 38.9 Å². The standard InChI is InChI=1S/C15H13ClN2O3S/c16-11-2-4-12(5-3-11)18-22(20,21)13-6-7-14-10(9-13)1-8-15(19)17-14/h2-7,9,18H,1,8H2,(H,17,19). The molecule has 114 valence electrons. The zero-order valence-electron chi connectivity index (χ0n) is 11.5. The van der Waals surface area contributed by atoms with Crippen molar-refractivity contribution in [2.45, 2.75) is 17.7 Å². The first-order valence-corrected chi connectivity index (χ1v) is 8.51. The normalized spacial score (nSPS) is 14.1. The molecule has 0 atom stereocenters. The molecular formula is C15H13ClN2O3S. The van der Waals surface area contributed by atoms with E-state index in [4.69, 9.17) is 11.6 Å². The fourth-order valence-electron chi connectivity index (χ4n) is 2.26. The summed E-state index contributed by atoms with van der Waals surface area (Å²) in [5.41, 5.74) is 1.93. The van der Waals surface area contributed by atoms with Crippen molar-refractivity contribution in [3.8, 4) is 0 Å². The molecule has 0 bridgehead atoms. The molecule has 2 aromatic rings. The van der Waals surface area contributed by atoms with Crippen LogP contribution in [0.25, 0.3) is 0 Å². The summed E-state index contributed by atoms with van der Waals surface area (Å²) in [7, 11) is -3.68. The van der Waals surface area contributed by atoms with Crippen LogP contribution >= 0.6 is 11.6 Å². The van der Waals surface area contributed by atoms with Gasteiger partial charge >= 0.3 is 0 Å². The maximum Gasteiger partial charge on any atom is 0.261 e. The lowest BCUT2D eigenvalue weighted by Crippen LogP contribution is -2.20. The highest BCUT2D eigenvalue weighted by Gasteiger charge is 2.20. The maximum atomic E-state index is 12.4. The molecule has 0 unspecified atom stereocenters. The van der Waals surface area contributed by atoms with E-state index in [0.717, 1.165) is 5.56 Å². The summed E-state index contributed by atoms with van der Waals surface area (Å²) in [5.74, 6) is -0.0533. The molecule has 1 amide bonds. The molecular weight excluding hydrogens is 324 g/mol. The average Bonchev–Trinajstić information content (AvgIpc) is 2.49. The van der Waals surface area contributed by atoms with Gasteiger partial charge in [-0.3, -0.25) is 9.52 Å². The zero-order valence-corrected chi connectivity index (χ0v) is 13.0. The molecule has 0 radical (unpaired) electrons. The van der Waals surface area contributed by atoms with Crippen LogP contribution in [0.3, 0.4) is 0 Å². The van der Waals surface area contributed by atoms with E-state index in [2.05, 4.69) is 10.0 Å². The number of hydrogen-bond acceptors (Lipinski definition) is 3. The summed E-state index contributed by atoms with van der Waals surface area (Å²) >= 11 is 5.78. The number of benzene rings is 2. The Balaban J connectivity index is 1.89. The van der Waals surface area contributed by atoms with E-state index in [9.17, 15) is 13.2 Å². The Morgan fingerprint density at radius 3 is 2.50 bits per heavy atom. The van der Waals surface area contributed by atoms with Crippen molar-refractivity contribution < 1.29 is 13.2 Å². The number of hydrogen-bond donors (Lipinski definition) is 2. The Labute approximate surface area is 133 Å². The molecule has 0 spiro atoms. The van der Waals surface area contributed by atoms with Gasteiger partial charge in [0.2, 0.25) is 5.91 Å². The number of sulfonamides is 1. The first kappa shape index (κ1) is 14.9. The molecule has 1 heterocycles. The highest BCUT2D eigenvalue weighted by molar-refractivity contribution is 7.92. The van der Waals surface area contributed by atoms with Gasteiger partial charge < -0.3 is 5.32 Å². The van der Waals surface area contributed by atoms with Crippen LogP contribution in [0.4, 0.5) is 11.4 Å². The van der Waals surface area contributed by atoms with E-state index >= 15 is 0 Å². The van der Waals surface area contributed by atoms with Gasteiger partial charge in [-0.15, -0.1) is 0 Å². The highest BCUT2D eigenvalue weighted by atomic mass is 35.5. The van der Waals surface area contributed by atoms with Crippen molar-refractivity contribution in [1.29, 1.82) is 0 Å². The largest absolute Gasteiger partial charge is 0.326 e. The van der Waals surface area contributed by atoms with E-state index in [1.165, 1.54) is 6.07 Å². The third kappa shape index (κ3) is 3.08. The van der Waals surface area contributed by atoms with E-state index in [-0.39, 0.29) is 10.8 Å². The second-order valence-electron chi connectivity index (χ2n) is 4.98. The van der Waals surface area contributed by atoms with Crippen molar-refractivity contribution in [3.63, 3.8) is 0 Å². The Hall–Kier alpha value is -2.05. The summed E-state index contributed by atoms with van der Waals surface area (Å²) in [6.07, 6.45) is 0.895. The Kier molecular flexibility index (Phi) is 3.80. The summed E-state index contributed by atoms with van der Waals surface area (Å²) in [6, 6.07) is 11.1. The molecule has 0 fully saturated rings. The summed E-state index contributed by atoms with van der Waals surface area (Å²) in [6.45, 7) is 0. The second-order valence-corrected chi connectivity index (χ2v) is 7.10. The van der Waals surface area contributed by atoms with Gasteiger partial charge in [-0.25, -0.2) is 8.42 Å². The van der Waals surface area contributed by atoms with E-state index in [1.54, 1.807) is 36.4 Å². The second kappa shape index (κ2) is 5.62. The molecule has 2 N–H and O–H groups in total. The number of anilines is 2. The molecule has 22 heavy (non-hydrogen) atoms. The summed E-state index contributed by atoms with van der Waals surface area (Å²) in [4.78, 5) is 11.5. The number of carbonyl (C=O) groups is 1. The number of aryl methyl sites for hydroxylation is 1. The minimum Gasteiger partial charge on any atom is -0.326 e. The lowest BCUT2D eigenvalue weighted by atomic mass is 10.0. The van der Waals surface area contributed by atoms with Gasteiger partial charge in [0, 0.05) is 22.8 Å². The lowest BCUT2D eigenvalue weighted by molar-refractivity contribution is -0.116. The molecule has 0 aromatic heterocycles. The highest BCUT2D eigenvalue weighted by Crippen LogP contribution is 2.26. The van der Waals surface area contributed by atoms with Crippen LogP contribution in [0, 0.1) is 0 Å². The summed E-state index contributed by atoms with van der Waals surface area (Å²) in [5, 5.41) is 3.26. The molecule has 7 heteroatoms. The van der Waals surface area contributed by atoms with Crippen molar-refractivity contribution in [2.24, 2.45) is 0 Å². The van der Waals surface area contributed by atoms with E-state index < -0.39 is 10.0 Å².